The molecule has 0 saturated carbocycles. The molecular formula is C9H11ClF3N. The zero-order valence-corrected chi connectivity index (χ0v) is 8.11. The lowest BCUT2D eigenvalue weighted by Crippen LogP contribution is -2.20. The van der Waals surface area contributed by atoms with E-state index in [0.717, 1.165) is 0 Å². The van der Waals surface area contributed by atoms with Crippen LogP contribution >= 0.6 is 12.4 Å². The first-order valence-corrected chi connectivity index (χ1v) is 3.86. The summed E-state index contributed by atoms with van der Waals surface area (Å²) >= 11 is 0. The summed E-state index contributed by atoms with van der Waals surface area (Å²) in [6.45, 7) is 0. The van der Waals surface area contributed by atoms with Crippen LogP contribution in [-0.2, 0) is 0 Å². The summed E-state index contributed by atoms with van der Waals surface area (Å²) in [5.41, 5.74) is 5.87. The lowest BCUT2D eigenvalue weighted by atomic mass is 10.1. The van der Waals surface area contributed by atoms with E-state index >= 15 is 0 Å². The molecule has 14 heavy (non-hydrogen) atoms. The van der Waals surface area contributed by atoms with E-state index in [-0.39, 0.29) is 12.4 Å². The maximum atomic E-state index is 11.9. The Bertz CT molecular complexity index is 261. The van der Waals surface area contributed by atoms with Gasteiger partial charge in [0.15, 0.2) is 0 Å². The van der Waals surface area contributed by atoms with Crippen LogP contribution < -0.4 is 5.73 Å². The van der Waals surface area contributed by atoms with Gasteiger partial charge in [0.2, 0.25) is 0 Å². The van der Waals surface area contributed by atoms with Crippen LogP contribution in [0.25, 0.3) is 0 Å². The Kier molecular flexibility index (Phi) is 4.94. The Hall–Kier alpha value is -0.740. The van der Waals surface area contributed by atoms with Crippen molar-refractivity contribution >= 4 is 12.4 Å². The number of hydrogen-bond donors (Lipinski definition) is 1. The Labute approximate surface area is 86.5 Å². The first-order valence-electron chi connectivity index (χ1n) is 3.86. The number of alkyl halides is 3. The van der Waals surface area contributed by atoms with Crippen LogP contribution in [0.2, 0.25) is 0 Å². The Balaban J connectivity index is 0.00000169. The molecule has 2 N–H and O–H groups in total. The van der Waals surface area contributed by atoms with Gasteiger partial charge < -0.3 is 5.73 Å². The van der Waals surface area contributed by atoms with Crippen molar-refractivity contribution in [3.63, 3.8) is 0 Å². The van der Waals surface area contributed by atoms with E-state index in [1.54, 1.807) is 30.3 Å². The van der Waals surface area contributed by atoms with Crippen LogP contribution in [0.5, 0.6) is 0 Å². The fraction of sp³-hybridized carbons (Fsp3) is 0.333. The molecule has 0 aliphatic rings. The van der Waals surface area contributed by atoms with Crippen LogP contribution in [0.4, 0.5) is 13.2 Å². The van der Waals surface area contributed by atoms with Crippen molar-refractivity contribution in [1.82, 2.24) is 0 Å². The van der Waals surface area contributed by atoms with Gasteiger partial charge in [0, 0.05) is 6.04 Å². The summed E-state index contributed by atoms with van der Waals surface area (Å²) in [7, 11) is 0. The molecule has 0 heterocycles. The molecule has 0 aliphatic heterocycles. The molecule has 1 aromatic rings. The Morgan fingerprint density at radius 3 is 2.07 bits per heavy atom. The third kappa shape index (κ3) is 4.48. The molecule has 1 atom stereocenters. The van der Waals surface area contributed by atoms with Gasteiger partial charge in [-0.15, -0.1) is 12.4 Å². The molecule has 5 heteroatoms. The topological polar surface area (TPSA) is 26.0 Å². The molecule has 0 spiro atoms. The van der Waals surface area contributed by atoms with Gasteiger partial charge in [0.25, 0.3) is 0 Å². The highest BCUT2D eigenvalue weighted by Crippen LogP contribution is 2.27. The molecule has 0 aliphatic carbocycles. The van der Waals surface area contributed by atoms with Crippen molar-refractivity contribution in [2.24, 2.45) is 5.73 Å². The lowest BCUT2D eigenvalue weighted by molar-refractivity contribution is -0.138. The minimum Gasteiger partial charge on any atom is -0.324 e. The maximum Gasteiger partial charge on any atom is 0.390 e. The molecule has 80 valence electrons. The average molecular weight is 226 g/mol. The Morgan fingerprint density at radius 2 is 1.64 bits per heavy atom. The highest BCUT2D eigenvalue weighted by Gasteiger charge is 2.30. The SMILES string of the molecule is Cl.N[C@H](CC(F)(F)F)c1ccccc1. The van der Waals surface area contributed by atoms with Gasteiger partial charge in [-0.1, -0.05) is 30.3 Å². The Morgan fingerprint density at radius 1 is 1.14 bits per heavy atom. The van der Waals surface area contributed by atoms with E-state index in [9.17, 15) is 13.2 Å². The van der Waals surface area contributed by atoms with Crippen LogP contribution in [0.1, 0.15) is 18.0 Å². The molecule has 1 nitrogen and oxygen atoms in total. The predicted molar refractivity (Wildman–Crippen MR) is 51.3 cm³/mol. The number of benzene rings is 1. The standard InChI is InChI=1S/C9H10F3N.ClH/c10-9(11,12)6-8(13)7-4-2-1-3-5-7;/h1-5,8H,6,13H2;1H/t8-;/m1./s1. The third-order valence-electron chi connectivity index (χ3n) is 1.68. The van der Waals surface area contributed by atoms with Crippen molar-refractivity contribution in [3.8, 4) is 0 Å². The molecule has 0 saturated heterocycles. The molecule has 0 unspecified atom stereocenters. The predicted octanol–water partition coefficient (Wildman–Crippen LogP) is 3.06. The summed E-state index contributed by atoms with van der Waals surface area (Å²) in [6.07, 6.45) is -5.17. The van der Waals surface area contributed by atoms with E-state index in [2.05, 4.69) is 0 Å². The maximum absolute atomic E-state index is 11.9. The van der Waals surface area contributed by atoms with Gasteiger partial charge in [0.1, 0.15) is 0 Å². The van der Waals surface area contributed by atoms with Crippen molar-refractivity contribution in [1.29, 1.82) is 0 Å². The van der Waals surface area contributed by atoms with E-state index < -0.39 is 18.6 Å². The number of rotatable bonds is 2. The van der Waals surface area contributed by atoms with E-state index in [1.165, 1.54) is 0 Å². The van der Waals surface area contributed by atoms with Gasteiger partial charge >= 0.3 is 6.18 Å². The van der Waals surface area contributed by atoms with Crippen LogP contribution in [0, 0.1) is 0 Å². The lowest BCUT2D eigenvalue weighted by Gasteiger charge is -2.13. The molecule has 0 bridgehead atoms. The molecular weight excluding hydrogens is 215 g/mol. The van der Waals surface area contributed by atoms with E-state index in [0.29, 0.717) is 5.56 Å². The first kappa shape index (κ1) is 13.3. The van der Waals surface area contributed by atoms with Gasteiger partial charge in [-0.2, -0.15) is 13.2 Å². The summed E-state index contributed by atoms with van der Waals surface area (Å²) in [5.74, 6) is 0. The molecule has 1 rings (SSSR count). The monoisotopic (exact) mass is 225 g/mol. The number of nitrogens with two attached hydrogens (primary N) is 1. The minimum absolute atomic E-state index is 0. The third-order valence-corrected chi connectivity index (χ3v) is 1.68. The zero-order chi connectivity index (χ0) is 9.90. The summed E-state index contributed by atoms with van der Waals surface area (Å²) in [5, 5.41) is 0. The molecule has 0 fully saturated rings. The number of halogens is 4. The summed E-state index contributed by atoms with van der Waals surface area (Å²) in [4.78, 5) is 0. The van der Waals surface area contributed by atoms with Crippen LogP contribution in [0.15, 0.2) is 30.3 Å². The first-order chi connectivity index (χ1) is 5.99. The van der Waals surface area contributed by atoms with Crippen LogP contribution in [0.3, 0.4) is 0 Å². The molecule has 1 aromatic carbocycles. The summed E-state index contributed by atoms with van der Waals surface area (Å²) < 4.78 is 35.7. The van der Waals surface area contributed by atoms with E-state index in [1.807, 2.05) is 0 Å². The highest BCUT2D eigenvalue weighted by atomic mass is 35.5. The fourth-order valence-corrected chi connectivity index (χ4v) is 1.07. The van der Waals surface area contributed by atoms with Gasteiger partial charge in [-0.25, -0.2) is 0 Å². The molecule has 0 amide bonds. The summed E-state index contributed by atoms with van der Waals surface area (Å²) in [6, 6.07) is 7.31. The van der Waals surface area contributed by atoms with Gasteiger partial charge in [-0.3, -0.25) is 0 Å². The van der Waals surface area contributed by atoms with Gasteiger partial charge in [0.05, 0.1) is 6.42 Å². The van der Waals surface area contributed by atoms with Crippen LogP contribution in [-0.4, -0.2) is 6.18 Å². The number of hydrogen-bond acceptors (Lipinski definition) is 1. The quantitative estimate of drug-likeness (QED) is 0.823. The minimum atomic E-state index is -4.20. The zero-order valence-electron chi connectivity index (χ0n) is 7.29. The largest absolute Gasteiger partial charge is 0.390 e. The normalized spacial score (nSPS) is 13.1. The van der Waals surface area contributed by atoms with E-state index in [4.69, 9.17) is 5.73 Å². The van der Waals surface area contributed by atoms with Crippen molar-refractivity contribution in [2.45, 2.75) is 18.6 Å². The second-order valence-corrected chi connectivity index (χ2v) is 2.84. The van der Waals surface area contributed by atoms with Gasteiger partial charge in [-0.05, 0) is 5.56 Å². The van der Waals surface area contributed by atoms with Crippen molar-refractivity contribution in [2.75, 3.05) is 0 Å². The average Bonchev–Trinajstić information content (AvgIpc) is 2.03. The fourth-order valence-electron chi connectivity index (χ4n) is 1.07. The second-order valence-electron chi connectivity index (χ2n) is 2.84. The van der Waals surface area contributed by atoms with Crippen molar-refractivity contribution < 1.29 is 13.2 Å². The highest BCUT2D eigenvalue weighted by molar-refractivity contribution is 5.85. The second kappa shape index (κ2) is 5.22. The van der Waals surface area contributed by atoms with Crippen molar-refractivity contribution in [3.05, 3.63) is 35.9 Å². The molecule has 0 radical (unpaired) electrons. The molecule has 0 aromatic heterocycles. The smallest absolute Gasteiger partial charge is 0.324 e.